The van der Waals surface area contributed by atoms with Gasteiger partial charge in [-0.15, -0.1) is 0 Å². The molecule has 2 aromatic rings. The van der Waals surface area contributed by atoms with Crippen molar-refractivity contribution in [2.45, 2.75) is 105 Å². The van der Waals surface area contributed by atoms with Crippen molar-refractivity contribution in [2.75, 3.05) is 31.1 Å². The van der Waals surface area contributed by atoms with Crippen molar-refractivity contribution in [3.63, 3.8) is 0 Å². The zero-order valence-electron chi connectivity index (χ0n) is 40.7. The largest absolute Gasteiger partial charge is 0.480 e. The number of carboxylic acid groups (broad SMARTS) is 1. The zero-order valence-corrected chi connectivity index (χ0v) is 44.1. The van der Waals surface area contributed by atoms with Gasteiger partial charge >= 0.3 is 5.97 Å². The van der Waals surface area contributed by atoms with Crippen LogP contribution in [-0.4, -0.2) is 155 Å². The molecule has 0 aliphatic carbocycles. The van der Waals surface area contributed by atoms with Crippen LogP contribution in [0.3, 0.4) is 0 Å². The molecule has 74 heavy (non-hydrogen) atoms. The minimum Gasteiger partial charge on any atom is -0.480 e. The third-order valence-corrected chi connectivity index (χ3v) is 12.2. The van der Waals surface area contributed by atoms with Crippen LogP contribution in [-0.2, 0) is 51.2 Å². The number of nitrogens with one attached hydrogen (secondary N) is 13. The summed E-state index contributed by atoms with van der Waals surface area (Å²) >= 11 is 11.7. The number of thiol groups is 2. The number of alkyl halides is 1. The molecule has 2 rings (SSSR count). The summed E-state index contributed by atoms with van der Waals surface area (Å²) in [7, 11) is 0. The minimum absolute atomic E-state index is 0.00823. The zero-order chi connectivity index (χ0) is 55.3. The summed E-state index contributed by atoms with van der Waals surface area (Å²) in [4.78, 5) is 108. The van der Waals surface area contributed by atoms with Crippen molar-refractivity contribution < 1.29 is 43.5 Å². The lowest BCUT2D eigenvalue weighted by Crippen LogP contribution is -2.60. The normalized spacial score (nSPS) is 14.4. The average molecular weight is 1140 g/mol. The number of benzene rings is 2. The van der Waals surface area contributed by atoms with Crippen LogP contribution < -0.4 is 76.1 Å². The lowest BCUT2D eigenvalue weighted by molar-refractivity contribution is -0.141. The van der Waals surface area contributed by atoms with E-state index >= 15 is 0 Å². The fourth-order valence-corrected chi connectivity index (χ4v) is 7.85. The van der Waals surface area contributed by atoms with Gasteiger partial charge in [0.05, 0.1) is 6.04 Å². The minimum atomic E-state index is -1.45. The first-order valence-electron chi connectivity index (χ1n) is 23.3. The number of rotatable bonds is 33. The first-order valence-corrected chi connectivity index (χ1v) is 25.5. The maximum absolute atomic E-state index is 14.5. The van der Waals surface area contributed by atoms with Crippen molar-refractivity contribution in [1.82, 2.24) is 53.2 Å². The molecule has 0 aliphatic heterocycles. The number of carboxylic acids is 1. The lowest BCUT2D eigenvalue weighted by Gasteiger charge is -2.28. The fraction of sp³-hybridized carbons (Fsp3) is 0.489. The number of amides is 7. The van der Waals surface area contributed by atoms with Gasteiger partial charge in [-0.3, -0.25) is 49.8 Å². The second-order valence-corrected chi connectivity index (χ2v) is 18.9. The molecule has 29 heteroatoms. The summed E-state index contributed by atoms with van der Waals surface area (Å²) in [6.07, 6.45) is 0.282. The van der Waals surface area contributed by atoms with Gasteiger partial charge in [-0.1, -0.05) is 76.6 Å². The molecule has 9 atom stereocenters. The highest BCUT2D eigenvalue weighted by atomic mass is 79.9. The molecular formula is C45H70BrN17O9S2. The van der Waals surface area contributed by atoms with E-state index in [1.165, 1.54) is 6.92 Å². The molecule has 0 saturated carbocycles. The van der Waals surface area contributed by atoms with Crippen LogP contribution in [0.1, 0.15) is 50.2 Å². The fourth-order valence-electron chi connectivity index (χ4n) is 6.81. The Balaban J connectivity index is 2.46. The van der Waals surface area contributed by atoms with Gasteiger partial charge in [-0.25, -0.2) is 4.79 Å². The van der Waals surface area contributed by atoms with Crippen molar-refractivity contribution in [2.24, 2.45) is 22.9 Å². The van der Waals surface area contributed by atoms with Gasteiger partial charge in [-0.2, -0.15) is 25.3 Å². The van der Waals surface area contributed by atoms with Gasteiger partial charge < -0.3 is 81.2 Å². The molecule has 0 fully saturated rings. The topological polar surface area (TPSA) is 453 Å². The molecule has 22 N–H and O–H groups in total. The first-order chi connectivity index (χ1) is 35.0. The molecule has 0 heterocycles. The van der Waals surface area contributed by atoms with Crippen LogP contribution in [0.25, 0.3) is 0 Å². The van der Waals surface area contributed by atoms with E-state index in [0.717, 1.165) is 0 Å². The maximum atomic E-state index is 14.5. The summed E-state index contributed by atoms with van der Waals surface area (Å²) in [5, 5.41) is 57.9. The van der Waals surface area contributed by atoms with Crippen LogP contribution in [0.2, 0.25) is 0 Å². The number of guanidine groups is 3. The molecular weight excluding hydrogens is 1070 g/mol. The van der Waals surface area contributed by atoms with E-state index in [0.29, 0.717) is 24.1 Å². The number of aliphatic carboxylic acids is 1. The van der Waals surface area contributed by atoms with Crippen LogP contribution in [0.15, 0.2) is 60.7 Å². The van der Waals surface area contributed by atoms with Gasteiger partial charge in [-0.05, 0) is 50.2 Å². The molecule has 408 valence electrons. The Morgan fingerprint density at radius 3 is 1.39 bits per heavy atom. The van der Waals surface area contributed by atoms with E-state index < -0.39 is 100 Å². The number of nitrogens with two attached hydrogens (primary N) is 4. The van der Waals surface area contributed by atoms with E-state index in [9.17, 15) is 43.5 Å². The molecule has 0 saturated heterocycles. The van der Waals surface area contributed by atoms with Gasteiger partial charge in [0.15, 0.2) is 17.9 Å². The predicted molar refractivity (Wildman–Crippen MR) is 288 cm³/mol. The van der Waals surface area contributed by atoms with Crippen LogP contribution in [0.4, 0.5) is 0 Å². The smallest absolute Gasteiger partial charge is 0.327 e. The number of hydrogen-bond donors (Lipinski definition) is 20. The molecule has 0 bridgehead atoms. The Labute approximate surface area is 448 Å². The Bertz CT molecular complexity index is 2220. The molecule has 0 aliphatic rings. The van der Waals surface area contributed by atoms with E-state index in [-0.39, 0.29) is 81.0 Å². The lowest BCUT2D eigenvalue weighted by atomic mass is 10.0. The number of halogens is 1. The maximum Gasteiger partial charge on any atom is 0.327 e. The Morgan fingerprint density at radius 1 is 0.541 bits per heavy atom. The first kappa shape index (κ1) is 63.3. The summed E-state index contributed by atoms with van der Waals surface area (Å²) in [5.74, 6) is -8.50. The van der Waals surface area contributed by atoms with E-state index in [1.807, 2.05) is 0 Å². The molecule has 2 aromatic carbocycles. The van der Waals surface area contributed by atoms with E-state index in [2.05, 4.69) is 94.4 Å². The molecule has 0 aromatic heterocycles. The van der Waals surface area contributed by atoms with Crippen molar-refractivity contribution in [1.29, 1.82) is 16.2 Å². The van der Waals surface area contributed by atoms with Crippen LogP contribution in [0.5, 0.6) is 0 Å². The monoisotopic (exact) mass is 1140 g/mol. The second-order valence-electron chi connectivity index (χ2n) is 16.9. The van der Waals surface area contributed by atoms with Crippen LogP contribution in [0, 0.1) is 16.2 Å². The molecule has 0 radical (unpaired) electrons. The SMILES string of the molecule is C[C@@H](NC(=O)[C@H](CS)NC(=O)[C@@H](N)CCCNC(=N)N)C(=O)N[C@@H](CCCNC(=N)N)C(=O)N[C@H](Cc1ccccc1)C(=O)N[C@@H](CC(Br)CNC(=N)N)C(=O)N[C@@H](Cc1ccccc1)C(=O)N[C@@H](CS)C(=O)O. The average Bonchev–Trinajstić information content (AvgIpc) is 3.35. The Morgan fingerprint density at radius 2 is 0.932 bits per heavy atom. The highest BCUT2D eigenvalue weighted by molar-refractivity contribution is 9.09. The second kappa shape index (κ2) is 33.8. The van der Waals surface area contributed by atoms with Gasteiger partial charge in [0.2, 0.25) is 41.4 Å². The molecule has 1 unspecified atom stereocenters. The van der Waals surface area contributed by atoms with Crippen LogP contribution >= 0.6 is 41.2 Å². The Hall–Kier alpha value is -6.85. The molecule has 0 spiro atoms. The van der Waals surface area contributed by atoms with Crippen molar-refractivity contribution in [3.05, 3.63) is 71.8 Å². The Kier molecular flexibility index (Phi) is 28.9. The van der Waals surface area contributed by atoms with E-state index in [1.54, 1.807) is 60.7 Å². The summed E-state index contributed by atoms with van der Waals surface area (Å²) in [6.45, 7) is 1.74. The standard InChI is InChI=1S/C45H70BrN17O9S2/c1-24(57-41(70)33(22-73)62-36(65)28(47)14-8-16-54-43(48)49)35(64)58-29(15-9-17-55-44(50)51)37(66)59-30(18-25-10-4-2-5-11-25)38(67)61-32(20-27(46)21-56-45(52)53)40(69)60-31(19-26-12-6-3-7-13-26)39(68)63-34(23-74)42(71)72/h2-7,10-13,24,27-34,73-74H,8-9,14-23,47H2,1H3,(H,57,70)(H,58,64)(H,59,66)(H,60,69)(H,61,67)(H,62,65)(H,63,68)(H,71,72)(H4,48,49,54)(H4,50,51,55)(H4,52,53,56)/t24-,27?,28+,29+,30-,31+,32+,33+,34+/m1/s1. The summed E-state index contributed by atoms with van der Waals surface area (Å²) in [5.41, 5.74) is 23.4. The summed E-state index contributed by atoms with van der Waals surface area (Å²) < 4.78 is 0. The highest BCUT2D eigenvalue weighted by Crippen LogP contribution is 2.13. The number of carbonyl (C=O) groups excluding carboxylic acids is 7. The quantitative estimate of drug-likeness (QED) is 0.0108. The number of carbonyl (C=O) groups is 8. The molecule has 26 nitrogen and oxygen atoms in total. The van der Waals surface area contributed by atoms with Gasteiger partial charge in [0.1, 0.15) is 42.3 Å². The predicted octanol–water partition coefficient (Wildman–Crippen LogP) is -3.68. The summed E-state index contributed by atoms with van der Waals surface area (Å²) in [6, 6.07) is 6.56. The van der Waals surface area contributed by atoms with Gasteiger partial charge in [0, 0.05) is 48.8 Å². The van der Waals surface area contributed by atoms with Gasteiger partial charge in [0.25, 0.3) is 0 Å². The molecule has 7 amide bonds. The van der Waals surface area contributed by atoms with Crippen molar-refractivity contribution in [3.8, 4) is 0 Å². The number of hydrogen-bond acceptors (Lipinski definition) is 14. The highest BCUT2D eigenvalue weighted by Gasteiger charge is 2.34. The third kappa shape index (κ3) is 24.7. The third-order valence-electron chi connectivity index (χ3n) is 10.8. The van der Waals surface area contributed by atoms with E-state index in [4.69, 9.17) is 39.2 Å². The van der Waals surface area contributed by atoms with Crippen molar-refractivity contribution >= 4 is 106 Å².